The number of H-pyrrole nitrogens is 1. The van der Waals surface area contributed by atoms with E-state index < -0.39 is 36.0 Å². The molecule has 168 valence electrons. The highest BCUT2D eigenvalue weighted by Gasteiger charge is 2.53. The molecule has 3 N–H and O–H groups in total. The molecule has 2 aromatic heterocycles. The van der Waals surface area contributed by atoms with Gasteiger partial charge in [-0.1, -0.05) is 0 Å². The summed E-state index contributed by atoms with van der Waals surface area (Å²) < 4.78 is 78.6. The van der Waals surface area contributed by atoms with Gasteiger partial charge in [-0.05, 0) is 12.8 Å². The first-order valence-corrected chi connectivity index (χ1v) is 9.24. The second-order valence-corrected chi connectivity index (χ2v) is 7.37. The molecule has 8 nitrogen and oxygen atoms in total. The van der Waals surface area contributed by atoms with Crippen molar-refractivity contribution in [2.45, 2.75) is 43.1 Å². The molecule has 0 saturated carbocycles. The van der Waals surface area contributed by atoms with Crippen molar-refractivity contribution in [3.63, 3.8) is 0 Å². The number of amides is 1. The van der Waals surface area contributed by atoms with Crippen molar-refractivity contribution in [3.05, 3.63) is 29.3 Å². The average Bonchev–Trinajstić information content (AvgIpc) is 3.10. The summed E-state index contributed by atoms with van der Waals surface area (Å²) in [7, 11) is 0. The molecule has 0 radical (unpaired) electrons. The summed E-state index contributed by atoms with van der Waals surface area (Å²) in [4.78, 5) is 20.5. The molecule has 1 amide bonds. The number of aromatic amines is 1. The molecule has 4 rings (SSSR count). The maximum atomic E-state index is 13.6. The fourth-order valence-corrected chi connectivity index (χ4v) is 3.96. The number of halogens is 6. The van der Waals surface area contributed by atoms with Gasteiger partial charge >= 0.3 is 12.4 Å². The Hall–Kier alpha value is -2.90. The number of rotatable bonds is 2. The van der Waals surface area contributed by atoms with E-state index in [4.69, 9.17) is 0 Å². The second-order valence-electron chi connectivity index (χ2n) is 7.37. The van der Waals surface area contributed by atoms with E-state index in [1.807, 2.05) is 0 Å². The van der Waals surface area contributed by atoms with Crippen molar-refractivity contribution in [1.29, 1.82) is 0 Å². The Labute approximate surface area is 170 Å². The van der Waals surface area contributed by atoms with Crippen LogP contribution in [0.15, 0.2) is 12.4 Å². The van der Waals surface area contributed by atoms with E-state index in [0.717, 1.165) is 6.20 Å². The van der Waals surface area contributed by atoms with Gasteiger partial charge in [0, 0.05) is 30.3 Å². The van der Waals surface area contributed by atoms with Crippen molar-refractivity contribution in [3.8, 4) is 0 Å². The highest BCUT2D eigenvalue weighted by Crippen LogP contribution is 2.47. The first-order chi connectivity index (χ1) is 14.5. The van der Waals surface area contributed by atoms with Gasteiger partial charge in [0.2, 0.25) is 0 Å². The molecule has 2 aliphatic rings. The lowest BCUT2D eigenvalue weighted by molar-refractivity contribution is -0.177. The van der Waals surface area contributed by atoms with Gasteiger partial charge in [0.25, 0.3) is 5.91 Å². The van der Waals surface area contributed by atoms with Crippen LogP contribution in [0.25, 0.3) is 0 Å². The average molecular weight is 450 g/mol. The van der Waals surface area contributed by atoms with Gasteiger partial charge in [-0.2, -0.15) is 31.4 Å². The summed E-state index contributed by atoms with van der Waals surface area (Å²) in [5.74, 6) is -3.99. The number of piperidine rings is 1. The van der Waals surface area contributed by atoms with E-state index in [1.165, 1.54) is 0 Å². The van der Waals surface area contributed by atoms with Crippen LogP contribution in [0.1, 0.15) is 41.6 Å². The van der Waals surface area contributed by atoms with Crippen LogP contribution in [0.3, 0.4) is 0 Å². The van der Waals surface area contributed by atoms with Crippen molar-refractivity contribution in [2.24, 2.45) is 0 Å². The van der Waals surface area contributed by atoms with Crippen LogP contribution in [0.2, 0.25) is 0 Å². The second kappa shape index (κ2) is 7.35. The van der Waals surface area contributed by atoms with Crippen LogP contribution in [0, 0.1) is 0 Å². The van der Waals surface area contributed by atoms with Crippen molar-refractivity contribution in [2.75, 3.05) is 23.3 Å². The summed E-state index contributed by atoms with van der Waals surface area (Å²) in [6, 6.07) is 0. The minimum atomic E-state index is -4.86. The van der Waals surface area contributed by atoms with Gasteiger partial charge in [0.15, 0.2) is 11.5 Å². The lowest BCUT2D eigenvalue weighted by Crippen LogP contribution is -2.44. The standard InChI is InChI=1S/C17H16F6N6O2/c18-16(19,20)8-5-25-9(6-24-8)29-3-1-7(2-4-29)12-10-11(17(21,22)23)13(30)15(31)26-14(10)28-27-12/h5-7,11,13,30H,1-4H2,(H2,26,27,28,31)/t11-,13-/m0/s1. The minimum Gasteiger partial charge on any atom is -0.382 e. The van der Waals surface area contributed by atoms with Crippen LogP contribution in [-0.2, 0) is 11.0 Å². The van der Waals surface area contributed by atoms with E-state index >= 15 is 0 Å². The summed E-state index contributed by atoms with van der Waals surface area (Å²) in [6.45, 7) is 0.619. The minimum absolute atomic E-state index is 0.175. The first-order valence-electron chi connectivity index (χ1n) is 9.24. The Morgan fingerprint density at radius 3 is 2.29 bits per heavy atom. The molecule has 31 heavy (non-hydrogen) atoms. The molecule has 1 saturated heterocycles. The van der Waals surface area contributed by atoms with Crippen molar-refractivity contribution >= 4 is 17.5 Å². The SMILES string of the molecule is O=C1Nc2n[nH]c(C3CCN(c4cnc(C(F)(F)F)cn4)CC3)c2[C@H](C(F)(F)F)[C@@H]1O. The van der Waals surface area contributed by atoms with Crippen molar-refractivity contribution < 1.29 is 36.2 Å². The monoisotopic (exact) mass is 450 g/mol. The summed E-state index contributed by atoms with van der Waals surface area (Å²) in [5.41, 5.74) is -1.23. The summed E-state index contributed by atoms with van der Waals surface area (Å²) >= 11 is 0. The fourth-order valence-electron chi connectivity index (χ4n) is 3.96. The number of fused-ring (bicyclic) bond motifs is 1. The number of aliphatic hydroxyl groups is 1. The molecular formula is C17H16F6N6O2. The van der Waals surface area contributed by atoms with E-state index in [1.54, 1.807) is 4.90 Å². The maximum Gasteiger partial charge on any atom is 0.434 e. The lowest BCUT2D eigenvalue weighted by atomic mass is 9.83. The molecule has 2 aliphatic heterocycles. The highest BCUT2D eigenvalue weighted by molar-refractivity contribution is 5.97. The Kier molecular flexibility index (Phi) is 5.06. The van der Waals surface area contributed by atoms with Crippen LogP contribution in [0.5, 0.6) is 0 Å². The predicted octanol–water partition coefficient (Wildman–Crippen LogP) is 2.56. The maximum absolute atomic E-state index is 13.6. The van der Waals surface area contributed by atoms with Crippen molar-refractivity contribution in [1.82, 2.24) is 20.2 Å². The normalized spacial score (nSPS) is 22.9. The third kappa shape index (κ3) is 3.91. The van der Waals surface area contributed by atoms with Crippen LogP contribution < -0.4 is 10.2 Å². The zero-order valence-corrected chi connectivity index (χ0v) is 15.6. The van der Waals surface area contributed by atoms with Crippen LogP contribution in [0.4, 0.5) is 38.0 Å². The molecule has 0 aliphatic carbocycles. The quantitative estimate of drug-likeness (QED) is 0.608. The molecule has 2 aromatic rings. The van der Waals surface area contributed by atoms with E-state index in [2.05, 4.69) is 25.5 Å². The van der Waals surface area contributed by atoms with Gasteiger partial charge < -0.3 is 15.3 Å². The molecule has 2 atom stereocenters. The Morgan fingerprint density at radius 1 is 1.06 bits per heavy atom. The lowest BCUT2D eigenvalue weighted by Gasteiger charge is -2.34. The molecule has 0 bridgehead atoms. The van der Waals surface area contributed by atoms with E-state index in [9.17, 15) is 36.2 Å². The van der Waals surface area contributed by atoms with Crippen LogP contribution >= 0.6 is 0 Å². The predicted molar refractivity (Wildman–Crippen MR) is 93.2 cm³/mol. The Morgan fingerprint density at radius 2 is 1.74 bits per heavy atom. The number of anilines is 2. The molecule has 0 aromatic carbocycles. The number of aromatic nitrogens is 4. The summed E-state index contributed by atoms with van der Waals surface area (Å²) in [6.07, 6.45) is -9.41. The number of carbonyl (C=O) groups excluding carboxylic acids is 1. The zero-order valence-electron chi connectivity index (χ0n) is 15.6. The summed E-state index contributed by atoms with van der Waals surface area (Å²) in [5, 5.41) is 18.4. The van der Waals surface area contributed by atoms with Gasteiger partial charge in [-0.3, -0.25) is 9.89 Å². The number of nitrogens with one attached hydrogen (secondary N) is 2. The molecule has 14 heteroatoms. The van der Waals surface area contributed by atoms with E-state index in [-0.39, 0.29) is 28.8 Å². The third-order valence-electron chi connectivity index (χ3n) is 5.48. The first kappa shape index (κ1) is 21.3. The fraction of sp³-hybridized carbons (Fsp3) is 0.529. The van der Waals surface area contributed by atoms with Gasteiger partial charge in [0.1, 0.15) is 17.8 Å². The highest BCUT2D eigenvalue weighted by atomic mass is 19.4. The molecule has 4 heterocycles. The smallest absolute Gasteiger partial charge is 0.382 e. The van der Waals surface area contributed by atoms with E-state index in [0.29, 0.717) is 32.1 Å². The third-order valence-corrected chi connectivity index (χ3v) is 5.48. The molecule has 0 unspecified atom stereocenters. The number of alkyl halides is 6. The number of hydrogen-bond acceptors (Lipinski definition) is 6. The number of carbonyl (C=O) groups is 1. The van der Waals surface area contributed by atoms with Gasteiger partial charge in [-0.15, -0.1) is 0 Å². The zero-order chi connectivity index (χ0) is 22.6. The molecular weight excluding hydrogens is 434 g/mol. The molecule has 1 fully saturated rings. The number of aliphatic hydroxyl groups excluding tert-OH is 1. The van der Waals surface area contributed by atoms with Crippen LogP contribution in [-0.4, -0.2) is 56.5 Å². The number of nitrogens with zero attached hydrogens (tertiary/aromatic N) is 4. The number of hydrogen-bond donors (Lipinski definition) is 3. The molecule has 0 spiro atoms. The Bertz CT molecular complexity index is 965. The van der Waals surface area contributed by atoms with Gasteiger partial charge in [0.05, 0.1) is 12.4 Å². The van der Waals surface area contributed by atoms with Gasteiger partial charge in [-0.25, -0.2) is 9.97 Å². The topological polar surface area (TPSA) is 107 Å². The largest absolute Gasteiger partial charge is 0.434 e. The Balaban J connectivity index is 1.52.